The van der Waals surface area contributed by atoms with Gasteiger partial charge in [-0.15, -0.1) is 0 Å². The average molecular weight is 282 g/mol. The molecule has 0 aliphatic heterocycles. The molecule has 6 heteroatoms. The van der Waals surface area contributed by atoms with Gasteiger partial charge in [-0.25, -0.2) is 9.37 Å². The number of thioether (sulfide) groups is 1. The van der Waals surface area contributed by atoms with Crippen LogP contribution in [-0.2, 0) is 11.3 Å². The number of aryl methyl sites for hydroxylation is 1. The molecule has 1 aromatic heterocycles. The van der Waals surface area contributed by atoms with E-state index in [2.05, 4.69) is 11.9 Å². The van der Waals surface area contributed by atoms with E-state index in [1.165, 1.54) is 6.07 Å². The van der Waals surface area contributed by atoms with Crippen LogP contribution in [0.15, 0.2) is 23.4 Å². The minimum absolute atomic E-state index is 0.0724. The second-order valence-corrected chi connectivity index (χ2v) is 5.13. The monoisotopic (exact) mass is 282 g/mol. The second kappa shape index (κ2) is 6.06. The first-order valence-electron chi connectivity index (χ1n) is 6.12. The molecule has 0 aliphatic rings. The van der Waals surface area contributed by atoms with Crippen molar-refractivity contribution in [2.75, 3.05) is 5.75 Å². The molecule has 102 valence electrons. The van der Waals surface area contributed by atoms with Crippen molar-refractivity contribution in [2.45, 2.75) is 31.5 Å². The number of aliphatic carboxylic acids is 1. The standard InChI is InChI=1S/C13H15FN2O2S/c1-2-3-7-16-12-9(14)5-4-6-10(12)15-13(16)19-8-11(17)18/h4-6H,2-3,7-8H2,1H3,(H,17,18). The number of carboxylic acid groups (broad SMARTS) is 1. The fourth-order valence-corrected chi connectivity index (χ4v) is 2.63. The highest BCUT2D eigenvalue weighted by Crippen LogP contribution is 2.26. The number of halogens is 1. The SMILES string of the molecule is CCCCn1c(SCC(=O)O)nc2cccc(F)c21. The number of carbonyl (C=O) groups is 1. The number of aromatic nitrogens is 2. The number of carboxylic acids is 1. The van der Waals surface area contributed by atoms with Gasteiger partial charge in [0.25, 0.3) is 0 Å². The summed E-state index contributed by atoms with van der Waals surface area (Å²) in [6.45, 7) is 2.70. The van der Waals surface area contributed by atoms with E-state index < -0.39 is 5.97 Å². The Kier molecular flexibility index (Phi) is 4.42. The van der Waals surface area contributed by atoms with E-state index in [-0.39, 0.29) is 11.6 Å². The number of nitrogens with zero attached hydrogens (tertiary/aromatic N) is 2. The Bertz CT molecular complexity index is 598. The van der Waals surface area contributed by atoms with Gasteiger partial charge in [0.05, 0.1) is 11.3 Å². The predicted octanol–water partition coefficient (Wildman–Crippen LogP) is 3.15. The summed E-state index contributed by atoms with van der Waals surface area (Å²) in [5, 5.41) is 9.30. The predicted molar refractivity (Wildman–Crippen MR) is 73.0 cm³/mol. The number of fused-ring (bicyclic) bond motifs is 1. The fraction of sp³-hybridized carbons (Fsp3) is 0.385. The van der Waals surface area contributed by atoms with Gasteiger partial charge in [-0.3, -0.25) is 4.79 Å². The minimum atomic E-state index is -0.903. The summed E-state index contributed by atoms with van der Waals surface area (Å²) in [5.41, 5.74) is 1.04. The summed E-state index contributed by atoms with van der Waals surface area (Å²) in [6.07, 6.45) is 1.89. The molecule has 2 aromatic rings. The van der Waals surface area contributed by atoms with Gasteiger partial charge in [0.2, 0.25) is 0 Å². The third-order valence-electron chi connectivity index (χ3n) is 2.74. The Morgan fingerprint density at radius 2 is 2.32 bits per heavy atom. The maximum atomic E-state index is 13.9. The van der Waals surface area contributed by atoms with Crippen LogP contribution in [-0.4, -0.2) is 26.4 Å². The highest BCUT2D eigenvalue weighted by atomic mass is 32.2. The van der Waals surface area contributed by atoms with E-state index in [4.69, 9.17) is 5.11 Å². The van der Waals surface area contributed by atoms with Crippen LogP contribution in [0.1, 0.15) is 19.8 Å². The van der Waals surface area contributed by atoms with Gasteiger partial charge < -0.3 is 9.67 Å². The molecule has 0 atom stereocenters. The maximum absolute atomic E-state index is 13.9. The van der Waals surface area contributed by atoms with E-state index in [9.17, 15) is 9.18 Å². The quantitative estimate of drug-likeness (QED) is 0.827. The molecule has 0 saturated heterocycles. The van der Waals surface area contributed by atoms with Gasteiger partial charge in [0, 0.05) is 6.54 Å². The van der Waals surface area contributed by atoms with Crippen LogP contribution in [0.2, 0.25) is 0 Å². The van der Waals surface area contributed by atoms with Crippen molar-refractivity contribution >= 4 is 28.8 Å². The number of unbranched alkanes of at least 4 members (excludes halogenated alkanes) is 1. The number of hydrogen-bond donors (Lipinski definition) is 1. The Morgan fingerprint density at radius 3 is 3.00 bits per heavy atom. The van der Waals surface area contributed by atoms with Crippen molar-refractivity contribution < 1.29 is 14.3 Å². The second-order valence-electron chi connectivity index (χ2n) is 4.19. The molecule has 0 radical (unpaired) electrons. The number of hydrogen-bond acceptors (Lipinski definition) is 3. The van der Waals surface area contributed by atoms with Crippen LogP contribution in [0.25, 0.3) is 11.0 Å². The largest absolute Gasteiger partial charge is 0.481 e. The summed E-state index contributed by atoms with van der Waals surface area (Å²) < 4.78 is 15.7. The van der Waals surface area contributed by atoms with Crippen LogP contribution in [0, 0.1) is 5.82 Å². The molecule has 1 aromatic carbocycles. The third-order valence-corrected chi connectivity index (χ3v) is 3.70. The first kappa shape index (κ1) is 13.9. The molecule has 0 spiro atoms. The summed E-state index contributed by atoms with van der Waals surface area (Å²) in [5.74, 6) is -1.29. The molecular weight excluding hydrogens is 267 g/mol. The van der Waals surface area contributed by atoms with E-state index in [0.29, 0.717) is 22.7 Å². The van der Waals surface area contributed by atoms with E-state index in [1.807, 2.05) is 0 Å². The Balaban J connectivity index is 2.42. The normalized spacial score (nSPS) is 11.1. The van der Waals surface area contributed by atoms with Crippen LogP contribution >= 0.6 is 11.8 Å². The van der Waals surface area contributed by atoms with Crippen molar-refractivity contribution in [1.82, 2.24) is 9.55 Å². The maximum Gasteiger partial charge on any atom is 0.313 e. The zero-order valence-electron chi connectivity index (χ0n) is 10.6. The highest BCUT2D eigenvalue weighted by Gasteiger charge is 2.15. The topological polar surface area (TPSA) is 55.1 Å². The molecule has 0 bridgehead atoms. The van der Waals surface area contributed by atoms with E-state index in [1.54, 1.807) is 16.7 Å². The van der Waals surface area contributed by atoms with Crippen molar-refractivity contribution in [3.05, 3.63) is 24.0 Å². The van der Waals surface area contributed by atoms with Gasteiger partial charge >= 0.3 is 5.97 Å². The highest BCUT2D eigenvalue weighted by molar-refractivity contribution is 7.99. The van der Waals surface area contributed by atoms with Crippen LogP contribution < -0.4 is 0 Å². The lowest BCUT2D eigenvalue weighted by Gasteiger charge is -2.07. The Morgan fingerprint density at radius 1 is 1.53 bits per heavy atom. The summed E-state index contributed by atoms with van der Waals surface area (Å²) in [4.78, 5) is 15.0. The average Bonchev–Trinajstić information content (AvgIpc) is 2.73. The van der Waals surface area contributed by atoms with Gasteiger partial charge in [-0.05, 0) is 18.6 Å². The lowest BCUT2D eigenvalue weighted by Crippen LogP contribution is -2.04. The van der Waals surface area contributed by atoms with Gasteiger partial charge in [0.1, 0.15) is 11.3 Å². The van der Waals surface area contributed by atoms with Crippen LogP contribution in [0.3, 0.4) is 0 Å². The molecular formula is C13H15FN2O2S. The number of benzene rings is 1. The third kappa shape index (κ3) is 3.07. The molecule has 0 aliphatic carbocycles. The van der Waals surface area contributed by atoms with Crippen LogP contribution in [0.4, 0.5) is 4.39 Å². The van der Waals surface area contributed by atoms with Crippen molar-refractivity contribution in [2.24, 2.45) is 0 Å². The molecule has 19 heavy (non-hydrogen) atoms. The van der Waals surface area contributed by atoms with Crippen molar-refractivity contribution in [3.63, 3.8) is 0 Å². The summed E-state index contributed by atoms with van der Waals surface area (Å²) in [7, 11) is 0. The lowest BCUT2D eigenvalue weighted by molar-refractivity contribution is -0.133. The summed E-state index contributed by atoms with van der Waals surface area (Å²) >= 11 is 1.13. The Labute approximate surface area is 114 Å². The van der Waals surface area contributed by atoms with Gasteiger partial charge in [0.15, 0.2) is 5.16 Å². The molecule has 0 saturated carbocycles. The lowest BCUT2D eigenvalue weighted by atomic mass is 10.3. The molecule has 0 fully saturated rings. The molecule has 0 amide bonds. The first-order chi connectivity index (χ1) is 9.13. The van der Waals surface area contributed by atoms with E-state index in [0.717, 1.165) is 24.6 Å². The first-order valence-corrected chi connectivity index (χ1v) is 7.11. The smallest absolute Gasteiger partial charge is 0.313 e. The zero-order chi connectivity index (χ0) is 13.8. The molecule has 1 heterocycles. The minimum Gasteiger partial charge on any atom is -0.481 e. The number of imidazole rings is 1. The van der Waals surface area contributed by atoms with E-state index >= 15 is 0 Å². The molecule has 2 rings (SSSR count). The number of rotatable bonds is 6. The number of para-hydroxylation sites is 1. The molecule has 0 unspecified atom stereocenters. The molecule has 1 N–H and O–H groups in total. The van der Waals surface area contributed by atoms with Crippen molar-refractivity contribution in [3.8, 4) is 0 Å². The fourth-order valence-electron chi connectivity index (χ4n) is 1.88. The van der Waals surface area contributed by atoms with Crippen LogP contribution in [0.5, 0.6) is 0 Å². The Hall–Kier alpha value is -1.56. The van der Waals surface area contributed by atoms with Crippen molar-refractivity contribution in [1.29, 1.82) is 0 Å². The zero-order valence-corrected chi connectivity index (χ0v) is 11.4. The van der Waals surface area contributed by atoms with Gasteiger partial charge in [-0.1, -0.05) is 31.2 Å². The summed E-state index contributed by atoms with van der Waals surface area (Å²) in [6, 6.07) is 4.75. The molecule has 4 nitrogen and oxygen atoms in total. The van der Waals surface area contributed by atoms with Gasteiger partial charge in [-0.2, -0.15) is 0 Å².